The molecule has 1 aliphatic rings. The molecule has 3 nitrogen and oxygen atoms in total. The molecule has 0 saturated carbocycles. The van der Waals surface area contributed by atoms with Crippen LogP contribution in [0.2, 0.25) is 0 Å². The van der Waals surface area contributed by atoms with Crippen molar-refractivity contribution in [2.45, 2.75) is 12.8 Å². The van der Waals surface area contributed by atoms with Crippen LogP contribution in [0.3, 0.4) is 0 Å². The number of hydrogen-bond donors (Lipinski definition) is 1. The van der Waals surface area contributed by atoms with Gasteiger partial charge in [0.15, 0.2) is 0 Å². The first kappa shape index (κ1) is 15.4. The Morgan fingerprint density at radius 1 is 1.35 bits per heavy atom. The predicted octanol–water partition coefficient (Wildman–Crippen LogP) is 2.15. The highest BCUT2D eigenvalue weighted by atomic mass is 19.1. The van der Waals surface area contributed by atoms with Crippen LogP contribution in [-0.4, -0.2) is 40.0 Å². The van der Waals surface area contributed by atoms with Gasteiger partial charge in [0.2, 0.25) is 0 Å². The van der Waals surface area contributed by atoms with Gasteiger partial charge in [-0.15, -0.1) is 0 Å². The van der Waals surface area contributed by atoms with Crippen LogP contribution in [0.1, 0.15) is 12.0 Å². The Labute approximate surface area is 118 Å². The van der Waals surface area contributed by atoms with Crippen molar-refractivity contribution in [1.82, 2.24) is 5.32 Å². The lowest BCUT2D eigenvalue weighted by atomic mass is 9.80. The molecule has 0 aromatic heterocycles. The van der Waals surface area contributed by atoms with E-state index < -0.39 is 11.6 Å². The fraction of sp³-hybridized carbons (Fsp3) is 0.600. The Morgan fingerprint density at radius 3 is 2.70 bits per heavy atom. The van der Waals surface area contributed by atoms with Crippen molar-refractivity contribution < 1.29 is 18.3 Å². The van der Waals surface area contributed by atoms with Gasteiger partial charge >= 0.3 is 0 Å². The largest absolute Gasteiger partial charge is 0.383 e. The van der Waals surface area contributed by atoms with Gasteiger partial charge in [-0.2, -0.15) is 0 Å². The molecule has 112 valence electrons. The number of ether oxygens (including phenoxy) is 2. The lowest BCUT2D eigenvalue weighted by molar-refractivity contribution is 0.143. The molecule has 0 amide bonds. The molecule has 1 aliphatic heterocycles. The van der Waals surface area contributed by atoms with Crippen molar-refractivity contribution in [2.75, 3.05) is 40.0 Å². The molecule has 0 radical (unpaired) electrons. The molecule has 1 saturated heterocycles. The van der Waals surface area contributed by atoms with E-state index in [0.717, 1.165) is 13.0 Å². The first-order valence-electron chi connectivity index (χ1n) is 6.87. The zero-order chi connectivity index (χ0) is 14.4. The van der Waals surface area contributed by atoms with Gasteiger partial charge in [-0.1, -0.05) is 6.07 Å². The second kappa shape index (κ2) is 7.11. The quantitative estimate of drug-likeness (QED) is 0.779. The molecule has 1 aromatic carbocycles. The highest BCUT2D eigenvalue weighted by Gasteiger charge is 2.36. The van der Waals surface area contributed by atoms with Crippen molar-refractivity contribution in [3.05, 3.63) is 35.4 Å². The second-order valence-corrected chi connectivity index (χ2v) is 5.35. The van der Waals surface area contributed by atoms with E-state index in [0.29, 0.717) is 32.8 Å². The summed E-state index contributed by atoms with van der Waals surface area (Å²) in [5.74, 6) is -0.957. The van der Waals surface area contributed by atoms with Crippen LogP contribution in [0.5, 0.6) is 0 Å². The van der Waals surface area contributed by atoms with Gasteiger partial charge < -0.3 is 14.8 Å². The monoisotopic (exact) mass is 285 g/mol. The van der Waals surface area contributed by atoms with E-state index in [9.17, 15) is 8.78 Å². The van der Waals surface area contributed by atoms with E-state index in [1.54, 1.807) is 7.11 Å². The molecule has 1 N–H and O–H groups in total. The van der Waals surface area contributed by atoms with Crippen LogP contribution in [0.4, 0.5) is 8.78 Å². The minimum Gasteiger partial charge on any atom is -0.383 e. The Kier molecular flexibility index (Phi) is 5.46. The average molecular weight is 285 g/mol. The van der Waals surface area contributed by atoms with Crippen molar-refractivity contribution >= 4 is 0 Å². The second-order valence-electron chi connectivity index (χ2n) is 5.35. The molecular weight excluding hydrogens is 264 g/mol. The Hall–Kier alpha value is -1.04. The van der Waals surface area contributed by atoms with Crippen LogP contribution < -0.4 is 5.32 Å². The van der Waals surface area contributed by atoms with Crippen LogP contribution >= 0.6 is 0 Å². The van der Waals surface area contributed by atoms with E-state index >= 15 is 0 Å². The normalized spacial score (nSPS) is 22.4. The van der Waals surface area contributed by atoms with Gasteiger partial charge in [0, 0.05) is 37.8 Å². The van der Waals surface area contributed by atoms with Crippen molar-refractivity contribution in [1.29, 1.82) is 0 Å². The molecule has 1 atom stereocenters. The van der Waals surface area contributed by atoms with Crippen LogP contribution in [-0.2, 0) is 15.9 Å². The Balaban J connectivity index is 2.05. The summed E-state index contributed by atoms with van der Waals surface area (Å²) in [5.41, 5.74) is -0.0805. The fourth-order valence-electron chi connectivity index (χ4n) is 2.59. The van der Waals surface area contributed by atoms with E-state index in [1.165, 1.54) is 18.2 Å². The maximum absolute atomic E-state index is 13.8. The lowest BCUT2D eigenvalue weighted by Crippen LogP contribution is -2.38. The zero-order valence-electron chi connectivity index (χ0n) is 11.8. The van der Waals surface area contributed by atoms with E-state index in [1.807, 2.05) is 0 Å². The number of methoxy groups -OCH3 is 1. The molecule has 1 fully saturated rings. The number of benzene rings is 1. The highest BCUT2D eigenvalue weighted by molar-refractivity contribution is 5.21. The third-order valence-electron chi connectivity index (χ3n) is 3.78. The predicted molar refractivity (Wildman–Crippen MR) is 72.7 cm³/mol. The highest BCUT2D eigenvalue weighted by Crippen LogP contribution is 2.33. The van der Waals surface area contributed by atoms with E-state index in [2.05, 4.69) is 5.32 Å². The molecule has 2 rings (SSSR count). The van der Waals surface area contributed by atoms with Gasteiger partial charge in [-0.25, -0.2) is 8.78 Å². The standard InChI is InChI=1S/C15H21F2NO2/c1-19-8-6-18-10-15(5-7-20-11-15)9-12-13(16)3-2-4-14(12)17/h2-4,18H,5-11H2,1H3. The Morgan fingerprint density at radius 2 is 2.10 bits per heavy atom. The van der Waals surface area contributed by atoms with Crippen molar-refractivity contribution in [3.8, 4) is 0 Å². The van der Waals surface area contributed by atoms with Gasteiger partial charge in [0.05, 0.1) is 13.2 Å². The number of nitrogens with one attached hydrogen (secondary N) is 1. The molecule has 0 bridgehead atoms. The summed E-state index contributed by atoms with van der Waals surface area (Å²) in [4.78, 5) is 0. The number of halogens is 2. The summed E-state index contributed by atoms with van der Waals surface area (Å²) in [6, 6.07) is 4.00. The lowest BCUT2D eigenvalue weighted by Gasteiger charge is -2.28. The first-order valence-corrected chi connectivity index (χ1v) is 6.87. The third-order valence-corrected chi connectivity index (χ3v) is 3.78. The average Bonchev–Trinajstić information content (AvgIpc) is 2.89. The summed E-state index contributed by atoms with van der Waals surface area (Å²) in [6.07, 6.45) is 1.16. The molecule has 1 aromatic rings. The maximum Gasteiger partial charge on any atom is 0.129 e. The smallest absolute Gasteiger partial charge is 0.129 e. The van der Waals surface area contributed by atoms with Gasteiger partial charge in [-0.3, -0.25) is 0 Å². The van der Waals surface area contributed by atoms with Gasteiger partial charge in [0.25, 0.3) is 0 Å². The summed E-state index contributed by atoms with van der Waals surface area (Å²) < 4.78 is 38.0. The van der Waals surface area contributed by atoms with E-state index in [-0.39, 0.29) is 11.0 Å². The summed E-state index contributed by atoms with van der Waals surface area (Å²) in [5, 5.41) is 3.28. The first-order chi connectivity index (χ1) is 9.67. The number of hydrogen-bond acceptors (Lipinski definition) is 3. The van der Waals surface area contributed by atoms with Crippen molar-refractivity contribution in [2.24, 2.45) is 5.41 Å². The van der Waals surface area contributed by atoms with Gasteiger partial charge in [0.1, 0.15) is 11.6 Å². The summed E-state index contributed by atoms with van der Waals surface area (Å²) in [6.45, 7) is 3.18. The minimum atomic E-state index is -0.479. The third kappa shape index (κ3) is 3.75. The molecule has 0 spiro atoms. The molecule has 20 heavy (non-hydrogen) atoms. The molecule has 5 heteroatoms. The fourth-order valence-corrected chi connectivity index (χ4v) is 2.59. The number of rotatable bonds is 7. The molecule has 0 aliphatic carbocycles. The SMILES string of the molecule is COCCNCC1(Cc2c(F)cccc2F)CCOC1. The van der Waals surface area contributed by atoms with Crippen LogP contribution in [0.15, 0.2) is 18.2 Å². The van der Waals surface area contributed by atoms with Crippen molar-refractivity contribution in [3.63, 3.8) is 0 Å². The van der Waals surface area contributed by atoms with Gasteiger partial charge in [-0.05, 0) is 25.0 Å². The van der Waals surface area contributed by atoms with E-state index in [4.69, 9.17) is 9.47 Å². The topological polar surface area (TPSA) is 30.5 Å². The Bertz CT molecular complexity index is 414. The minimum absolute atomic E-state index is 0.159. The maximum atomic E-state index is 13.8. The molecular formula is C15H21F2NO2. The molecule has 1 heterocycles. The zero-order valence-corrected chi connectivity index (χ0v) is 11.8. The summed E-state index contributed by atoms with van der Waals surface area (Å²) >= 11 is 0. The molecule has 1 unspecified atom stereocenters. The van der Waals surface area contributed by atoms with Crippen LogP contribution in [0, 0.1) is 17.0 Å². The van der Waals surface area contributed by atoms with Crippen LogP contribution in [0.25, 0.3) is 0 Å². The summed E-state index contributed by atoms with van der Waals surface area (Å²) in [7, 11) is 1.64.